The molecule has 0 fully saturated rings. The first kappa shape index (κ1) is 8.68. The van der Waals surface area contributed by atoms with Gasteiger partial charge in [0.05, 0.1) is 0 Å². The first-order valence-electron chi connectivity index (χ1n) is 3.10. The zero-order valence-electron chi connectivity index (χ0n) is 6.00. The van der Waals surface area contributed by atoms with E-state index in [9.17, 15) is 4.79 Å². The highest BCUT2D eigenvalue weighted by atomic mass is 79.9. The summed E-state index contributed by atoms with van der Waals surface area (Å²) in [5, 5.41) is 1.98. The van der Waals surface area contributed by atoms with E-state index in [2.05, 4.69) is 15.9 Å². The Bertz CT molecular complexity index is 288. The lowest BCUT2D eigenvalue weighted by atomic mass is 10.3. The third-order valence-electron chi connectivity index (χ3n) is 1.19. The van der Waals surface area contributed by atoms with Crippen LogP contribution in [0.25, 0.3) is 6.08 Å². The Kier molecular flexibility index (Phi) is 3.02. The van der Waals surface area contributed by atoms with E-state index in [0.29, 0.717) is 0 Å². The van der Waals surface area contributed by atoms with E-state index in [1.165, 1.54) is 0 Å². The summed E-state index contributed by atoms with van der Waals surface area (Å²) in [5.41, 5.74) is 0.744. The highest BCUT2D eigenvalue weighted by Crippen LogP contribution is 2.24. The number of hydrogen-bond acceptors (Lipinski definition) is 2. The van der Waals surface area contributed by atoms with E-state index in [1.54, 1.807) is 18.3 Å². The Balaban J connectivity index is 2.94. The fourth-order valence-corrected chi connectivity index (χ4v) is 2.14. The third-order valence-corrected chi connectivity index (χ3v) is 3.01. The Labute approximate surface area is 77.9 Å². The number of hydrogen-bond donors (Lipinski definition) is 0. The van der Waals surface area contributed by atoms with E-state index in [4.69, 9.17) is 0 Å². The van der Waals surface area contributed by atoms with Gasteiger partial charge in [-0.3, -0.25) is 4.79 Å². The van der Waals surface area contributed by atoms with Gasteiger partial charge >= 0.3 is 0 Å². The molecule has 1 rings (SSSR count). The molecule has 0 saturated heterocycles. The maximum Gasteiger partial charge on any atom is 0.145 e. The number of rotatable bonds is 2. The number of carbonyl (C=O) groups is 1. The fraction of sp³-hybridized carbons (Fsp3) is 0.125. The molecule has 1 aromatic rings. The molecule has 0 unspecified atom stereocenters. The van der Waals surface area contributed by atoms with Crippen molar-refractivity contribution in [3.63, 3.8) is 0 Å². The average Bonchev–Trinajstić information content (AvgIpc) is 2.37. The van der Waals surface area contributed by atoms with Crippen LogP contribution in [0.3, 0.4) is 0 Å². The number of allylic oxidation sites excluding steroid dienone is 1. The predicted molar refractivity (Wildman–Crippen MR) is 51.7 cm³/mol. The lowest BCUT2D eigenvalue weighted by molar-refractivity contribution is -0.104. The van der Waals surface area contributed by atoms with Crippen LogP contribution in [0.4, 0.5) is 0 Å². The summed E-state index contributed by atoms with van der Waals surface area (Å²) in [6.45, 7) is 1.79. The Morgan fingerprint density at radius 2 is 2.45 bits per heavy atom. The molecule has 0 atom stereocenters. The van der Waals surface area contributed by atoms with Crippen LogP contribution >= 0.6 is 27.3 Å². The van der Waals surface area contributed by atoms with Crippen LogP contribution < -0.4 is 0 Å². The van der Waals surface area contributed by atoms with Crippen molar-refractivity contribution in [2.24, 2.45) is 0 Å². The molecule has 1 nitrogen and oxygen atoms in total. The van der Waals surface area contributed by atoms with Crippen LogP contribution in [-0.4, -0.2) is 6.29 Å². The van der Waals surface area contributed by atoms with Crippen LogP contribution in [0.1, 0.15) is 11.8 Å². The lowest BCUT2D eigenvalue weighted by Crippen LogP contribution is -1.74. The maximum atomic E-state index is 10.3. The molecule has 0 spiro atoms. The molecule has 0 radical (unpaired) electrons. The highest BCUT2D eigenvalue weighted by Gasteiger charge is 1.96. The van der Waals surface area contributed by atoms with Gasteiger partial charge < -0.3 is 0 Å². The van der Waals surface area contributed by atoms with Crippen molar-refractivity contribution in [2.45, 2.75) is 6.92 Å². The van der Waals surface area contributed by atoms with Gasteiger partial charge in [0.1, 0.15) is 6.29 Å². The molecule has 58 valence electrons. The lowest BCUT2D eigenvalue weighted by Gasteiger charge is -1.88. The molecular formula is C8H7BrOS. The van der Waals surface area contributed by atoms with Crippen LogP contribution in [0.2, 0.25) is 0 Å². The van der Waals surface area contributed by atoms with Crippen molar-refractivity contribution in [1.82, 2.24) is 0 Å². The smallest absolute Gasteiger partial charge is 0.145 e. The van der Waals surface area contributed by atoms with Crippen molar-refractivity contribution in [3.05, 3.63) is 26.4 Å². The Morgan fingerprint density at radius 3 is 2.91 bits per heavy atom. The average molecular weight is 231 g/mol. The van der Waals surface area contributed by atoms with Crippen molar-refractivity contribution in [3.8, 4) is 0 Å². The standard InChI is InChI=1S/C8H7BrOS/c1-6(5-10)4-8-7(9)2-3-11-8/h2-5H,1H3/b6-4-. The molecule has 0 aliphatic rings. The summed E-state index contributed by atoms with van der Waals surface area (Å²) < 4.78 is 1.05. The van der Waals surface area contributed by atoms with Gasteiger partial charge in [-0.25, -0.2) is 0 Å². The minimum absolute atomic E-state index is 0.744. The van der Waals surface area contributed by atoms with Gasteiger partial charge in [-0.1, -0.05) is 0 Å². The van der Waals surface area contributed by atoms with Crippen LogP contribution in [0.5, 0.6) is 0 Å². The molecule has 0 aliphatic heterocycles. The van der Waals surface area contributed by atoms with Gasteiger partial charge in [-0.05, 0) is 45.9 Å². The van der Waals surface area contributed by atoms with E-state index in [-0.39, 0.29) is 0 Å². The molecule has 1 heterocycles. The van der Waals surface area contributed by atoms with Crippen molar-refractivity contribution < 1.29 is 4.79 Å². The SMILES string of the molecule is C/C(C=O)=C/c1sccc1Br. The zero-order chi connectivity index (χ0) is 8.27. The van der Waals surface area contributed by atoms with Crippen LogP contribution in [0, 0.1) is 0 Å². The summed E-state index contributed by atoms with van der Waals surface area (Å²) in [7, 11) is 0. The molecule has 0 aromatic carbocycles. The fourth-order valence-electron chi connectivity index (χ4n) is 0.649. The number of halogens is 1. The summed E-state index contributed by atoms with van der Waals surface area (Å²) >= 11 is 4.98. The largest absolute Gasteiger partial charge is 0.298 e. The summed E-state index contributed by atoms with van der Waals surface area (Å²) in [6, 6.07) is 1.97. The second kappa shape index (κ2) is 3.83. The molecule has 0 aliphatic carbocycles. The molecule has 1 aromatic heterocycles. The maximum absolute atomic E-state index is 10.3. The first-order valence-corrected chi connectivity index (χ1v) is 4.78. The zero-order valence-corrected chi connectivity index (χ0v) is 8.41. The van der Waals surface area contributed by atoms with E-state index in [0.717, 1.165) is 21.2 Å². The monoisotopic (exact) mass is 230 g/mol. The molecule has 3 heteroatoms. The van der Waals surface area contributed by atoms with Gasteiger partial charge in [0.2, 0.25) is 0 Å². The summed E-state index contributed by atoms with van der Waals surface area (Å²) in [4.78, 5) is 11.4. The molecule has 0 N–H and O–H groups in total. The second-order valence-corrected chi connectivity index (χ2v) is 3.94. The highest BCUT2D eigenvalue weighted by molar-refractivity contribution is 9.10. The number of carbonyl (C=O) groups excluding carboxylic acids is 1. The molecule has 11 heavy (non-hydrogen) atoms. The van der Waals surface area contributed by atoms with Gasteiger partial charge in [0.25, 0.3) is 0 Å². The van der Waals surface area contributed by atoms with E-state index < -0.39 is 0 Å². The molecule has 0 saturated carbocycles. The minimum Gasteiger partial charge on any atom is -0.298 e. The third kappa shape index (κ3) is 2.27. The van der Waals surface area contributed by atoms with Gasteiger partial charge in [-0.2, -0.15) is 0 Å². The minimum atomic E-state index is 0.744. The van der Waals surface area contributed by atoms with Crippen molar-refractivity contribution >= 4 is 39.6 Å². The summed E-state index contributed by atoms with van der Waals surface area (Å²) in [5.74, 6) is 0. The summed E-state index contributed by atoms with van der Waals surface area (Å²) in [6.07, 6.45) is 2.72. The van der Waals surface area contributed by atoms with Crippen LogP contribution in [0.15, 0.2) is 21.5 Å². The molecule has 0 bridgehead atoms. The Morgan fingerprint density at radius 1 is 1.73 bits per heavy atom. The quantitative estimate of drug-likeness (QED) is 0.564. The van der Waals surface area contributed by atoms with Gasteiger partial charge in [0, 0.05) is 9.35 Å². The topological polar surface area (TPSA) is 17.1 Å². The number of aldehydes is 1. The van der Waals surface area contributed by atoms with Crippen molar-refractivity contribution in [1.29, 1.82) is 0 Å². The second-order valence-electron chi connectivity index (χ2n) is 2.14. The molecular weight excluding hydrogens is 224 g/mol. The van der Waals surface area contributed by atoms with Crippen LogP contribution in [-0.2, 0) is 4.79 Å². The van der Waals surface area contributed by atoms with Gasteiger partial charge in [0.15, 0.2) is 0 Å². The normalized spacial score (nSPS) is 11.6. The first-order chi connectivity index (χ1) is 5.24. The van der Waals surface area contributed by atoms with Crippen molar-refractivity contribution in [2.75, 3.05) is 0 Å². The van der Waals surface area contributed by atoms with E-state index in [1.807, 2.05) is 17.5 Å². The number of thiophene rings is 1. The Hall–Kier alpha value is -0.410. The predicted octanol–water partition coefficient (Wildman–Crippen LogP) is 3.11. The van der Waals surface area contributed by atoms with E-state index >= 15 is 0 Å². The molecule has 0 amide bonds. The van der Waals surface area contributed by atoms with Gasteiger partial charge in [-0.15, -0.1) is 11.3 Å².